The molecule has 0 spiro atoms. The Morgan fingerprint density at radius 3 is 2.00 bits per heavy atom. The molecule has 2 aromatic rings. The summed E-state index contributed by atoms with van der Waals surface area (Å²) in [4.78, 5) is 4.30. The molecular weight excluding hydrogens is 320 g/mol. The lowest BCUT2D eigenvalue weighted by Crippen LogP contribution is -2.26. The molecule has 3 heteroatoms. The minimum Gasteiger partial charge on any atom is -0.505 e. The molecule has 2 aromatic carbocycles. The van der Waals surface area contributed by atoms with Crippen molar-refractivity contribution in [1.29, 1.82) is 0 Å². The number of hydrogen-bond acceptors (Lipinski definition) is 3. The number of para-hydroxylation sites is 1. The van der Waals surface area contributed by atoms with Gasteiger partial charge in [-0.1, -0.05) is 65.8 Å². The molecule has 0 amide bonds. The summed E-state index contributed by atoms with van der Waals surface area (Å²) in [5.74, 6) is 0.380. The summed E-state index contributed by atoms with van der Waals surface area (Å²) in [6, 6.07) is 14.6. The first-order chi connectivity index (χ1) is 12.1. The number of phenols is 1. The van der Waals surface area contributed by atoms with Gasteiger partial charge in [0.25, 0.3) is 0 Å². The largest absolute Gasteiger partial charge is 0.505 e. The predicted molar refractivity (Wildman–Crippen MR) is 111 cm³/mol. The van der Waals surface area contributed by atoms with E-state index in [9.17, 15) is 5.11 Å². The molecule has 1 aliphatic rings. The van der Waals surface area contributed by atoms with Crippen LogP contribution in [0, 0.1) is 0 Å². The van der Waals surface area contributed by atoms with Crippen LogP contribution in [0.15, 0.2) is 54.9 Å². The molecule has 0 saturated heterocycles. The molecule has 0 aliphatic carbocycles. The highest BCUT2D eigenvalue weighted by Crippen LogP contribution is 2.42. The molecule has 26 heavy (non-hydrogen) atoms. The van der Waals surface area contributed by atoms with Gasteiger partial charge < -0.3 is 14.9 Å². The molecule has 0 aromatic heterocycles. The van der Waals surface area contributed by atoms with Gasteiger partial charge in [-0.3, -0.25) is 0 Å². The van der Waals surface area contributed by atoms with Gasteiger partial charge in [0.2, 0.25) is 0 Å². The summed E-state index contributed by atoms with van der Waals surface area (Å²) in [5, 5.41) is 11.0. The maximum absolute atomic E-state index is 11.0. The summed E-state index contributed by atoms with van der Waals surface area (Å²) in [6.07, 6.45) is 4.11. The zero-order chi connectivity index (χ0) is 19.1. The molecule has 0 atom stereocenters. The van der Waals surface area contributed by atoms with Crippen molar-refractivity contribution in [3.8, 4) is 5.75 Å². The van der Waals surface area contributed by atoms with Gasteiger partial charge in [-0.05, 0) is 34.6 Å². The van der Waals surface area contributed by atoms with Gasteiger partial charge in [0.1, 0.15) is 5.75 Å². The molecule has 3 nitrogen and oxygen atoms in total. The Morgan fingerprint density at radius 1 is 0.808 bits per heavy atom. The molecule has 0 bridgehead atoms. The normalized spacial score (nSPS) is 15.0. The third-order valence-electron chi connectivity index (χ3n) is 4.89. The van der Waals surface area contributed by atoms with Crippen molar-refractivity contribution < 1.29 is 5.11 Å². The molecule has 0 fully saturated rings. The average Bonchev–Trinajstić information content (AvgIpc) is 3.03. The lowest BCUT2D eigenvalue weighted by molar-refractivity contribution is 0.445. The summed E-state index contributed by atoms with van der Waals surface area (Å²) < 4.78 is 0. The van der Waals surface area contributed by atoms with Crippen molar-refractivity contribution in [2.24, 2.45) is 0 Å². The number of phenolic OH excluding ortho intramolecular Hbond substituents is 1. The van der Waals surface area contributed by atoms with E-state index >= 15 is 0 Å². The first-order valence-corrected chi connectivity index (χ1v) is 9.22. The SMILES string of the molecule is CC(C)(C)c1cc(N2C=CN(c3ccccc3)C2)c(O)c(C(C)(C)C)c1. The van der Waals surface area contributed by atoms with E-state index in [0.717, 1.165) is 16.9 Å². The summed E-state index contributed by atoms with van der Waals surface area (Å²) in [7, 11) is 0. The van der Waals surface area contributed by atoms with E-state index in [4.69, 9.17) is 0 Å². The van der Waals surface area contributed by atoms with E-state index in [1.165, 1.54) is 5.56 Å². The van der Waals surface area contributed by atoms with E-state index < -0.39 is 0 Å². The topological polar surface area (TPSA) is 26.7 Å². The third-order valence-corrected chi connectivity index (χ3v) is 4.89. The highest BCUT2D eigenvalue weighted by atomic mass is 16.3. The van der Waals surface area contributed by atoms with Crippen molar-refractivity contribution in [2.45, 2.75) is 52.4 Å². The molecule has 1 aliphatic heterocycles. The number of hydrogen-bond donors (Lipinski definition) is 1. The van der Waals surface area contributed by atoms with Gasteiger partial charge >= 0.3 is 0 Å². The van der Waals surface area contributed by atoms with Crippen LogP contribution in [-0.4, -0.2) is 11.8 Å². The van der Waals surface area contributed by atoms with Gasteiger partial charge in [0.05, 0.1) is 12.4 Å². The van der Waals surface area contributed by atoms with Crippen LogP contribution in [0.1, 0.15) is 52.7 Å². The van der Waals surface area contributed by atoms with E-state index in [1.54, 1.807) is 0 Å². The van der Waals surface area contributed by atoms with Gasteiger partial charge in [-0.25, -0.2) is 0 Å². The minimum absolute atomic E-state index is 0.0189. The van der Waals surface area contributed by atoms with Crippen LogP contribution >= 0.6 is 0 Å². The molecule has 0 saturated carbocycles. The van der Waals surface area contributed by atoms with Crippen molar-refractivity contribution >= 4 is 11.4 Å². The fourth-order valence-electron chi connectivity index (χ4n) is 3.21. The Labute approximate surface area is 157 Å². The standard InChI is InChI=1S/C23H30N2O/c1-22(2,3)17-14-19(23(4,5)6)21(26)20(15-17)25-13-12-24(16-25)18-10-8-7-9-11-18/h7-15,26H,16H2,1-6H3. The molecule has 0 radical (unpaired) electrons. The maximum atomic E-state index is 11.0. The third kappa shape index (κ3) is 3.57. The van der Waals surface area contributed by atoms with Crippen molar-refractivity contribution in [3.63, 3.8) is 0 Å². The zero-order valence-corrected chi connectivity index (χ0v) is 16.7. The number of benzene rings is 2. The second-order valence-corrected chi connectivity index (χ2v) is 9.11. The number of rotatable bonds is 2. The van der Waals surface area contributed by atoms with Crippen molar-refractivity contribution in [3.05, 3.63) is 66.0 Å². The predicted octanol–water partition coefficient (Wildman–Crippen LogP) is 5.74. The monoisotopic (exact) mass is 350 g/mol. The highest BCUT2D eigenvalue weighted by Gasteiger charge is 2.28. The molecule has 3 rings (SSSR count). The Morgan fingerprint density at radius 2 is 1.42 bits per heavy atom. The molecule has 1 N–H and O–H groups in total. The van der Waals surface area contributed by atoms with E-state index in [-0.39, 0.29) is 10.8 Å². The van der Waals surface area contributed by atoms with Crippen molar-refractivity contribution in [1.82, 2.24) is 0 Å². The van der Waals surface area contributed by atoms with Crippen LogP contribution in [0.2, 0.25) is 0 Å². The van der Waals surface area contributed by atoms with Crippen LogP contribution in [0.5, 0.6) is 5.75 Å². The van der Waals surface area contributed by atoms with Crippen LogP contribution in [0.4, 0.5) is 11.4 Å². The maximum Gasteiger partial charge on any atom is 0.143 e. The van der Waals surface area contributed by atoms with E-state index in [0.29, 0.717) is 12.4 Å². The first-order valence-electron chi connectivity index (χ1n) is 9.22. The van der Waals surface area contributed by atoms with Crippen LogP contribution < -0.4 is 9.80 Å². The number of anilines is 2. The average molecular weight is 351 g/mol. The zero-order valence-electron chi connectivity index (χ0n) is 16.7. The Bertz CT molecular complexity index is 811. The summed E-state index contributed by atoms with van der Waals surface area (Å²) in [5.41, 5.74) is 4.15. The quantitative estimate of drug-likeness (QED) is 0.748. The Hall–Kier alpha value is -2.42. The molecular formula is C23H30N2O. The lowest BCUT2D eigenvalue weighted by atomic mass is 9.79. The fourth-order valence-corrected chi connectivity index (χ4v) is 3.21. The van der Waals surface area contributed by atoms with Crippen LogP contribution in [0.25, 0.3) is 0 Å². The van der Waals surface area contributed by atoms with Gasteiger partial charge in [-0.15, -0.1) is 0 Å². The number of aromatic hydroxyl groups is 1. The Balaban J connectivity index is 2.01. The fraction of sp³-hybridized carbons (Fsp3) is 0.391. The number of nitrogens with zero attached hydrogens (tertiary/aromatic N) is 2. The van der Waals surface area contributed by atoms with Gasteiger partial charge in [0.15, 0.2) is 0 Å². The van der Waals surface area contributed by atoms with Crippen LogP contribution in [-0.2, 0) is 10.8 Å². The van der Waals surface area contributed by atoms with Crippen molar-refractivity contribution in [2.75, 3.05) is 16.5 Å². The van der Waals surface area contributed by atoms with Gasteiger partial charge in [0, 0.05) is 23.7 Å². The van der Waals surface area contributed by atoms with Crippen LogP contribution in [0.3, 0.4) is 0 Å². The summed E-state index contributed by atoms with van der Waals surface area (Å²) >= 11 is 0. The molecule has 0 unspecified atom stereocenters. The highest BCUT2D eigenvalue weighted by molar-refractivity contribution is 5.69. The second-order valence-electron chi connectivity index (χ2n) is 9.11. The van der Waals surface area contributed by atoms with Gasteiger partial charge in [-0.2, -0.15) is 0 Å². The second kappa shape index (κ2) is 6.39. The lowest BCUT2D eigenvalue weighted by Gasteiger charge is -2.30. The minimum atomic E-state index is -0.122. The van der Waals surface area contributed by atoms with E-state index in [2.05, 4.69) is 81.8 Å². The molecule has 1 heterocycles. The smallest absolute Gasteiger partial charge is 0.143 e. The van der Waals surface area contributed by atoms with E-state index in [1.807, 2.05) is 24.4 Å². The Kier molecular flexibility index (Phi) is 4.51. The summed E-state index contributed by atoms with van der Waals surface area (Å²) in [6.45, 7) is 13.8. The first kappa shape index (κ1) is 18.4. The molecule has 138 valence electrons.